The molecule has 8 rings (SSSR count). The average molecular weight is 1330 g/mol. The molecule has 90 heavy (non-hydrogen) atoms. The molecular weight excluding hydrogens is 1250 g/mol. The molecule has 4 heterocycles. The number of allylic oxidation sites excluding steroid dienone is 10. The quantitative estimate of drug-likeness (QED) is 0.0119. The van der Waals surface area contributed by atoms with Gasteiger partial charge in [-0.05, 0) is 151 Å². The van der Waals surface area contributed by atoms with Crippen LogP contribution in [0.4, 0.5) is 22.7 Å². The second-order valence-electron chi connectivity index (χ2n) is 23.7. The Morgan fingerprint density at radius 1 is 0.522 bits per heavy atom. The molecular formula is C64H76N4Na2O16S4. The fourth-order valence-electron chi connectivity index (χ4n) is 12.3. The van der Waals surface area contributed by atoms with Crippen LogP contribution < -0.4 is 79.4 Å². The molecule has 0 aliphatic carbocycles. The molecule has 0 fully saturated rings. The number of benzene rings is 4. The van der Waals surface area contributed by atoms with Gasteiger partial charge in [-0.15, -0.1) is 0 Å². The van der Waals surface area contributed by atoms with Crippen molar-refractivity contribution in [1.29, 1.82) is 0 Å². The van der Waals surface area contributed by atoms with Gasteiger partial charge in [0.25, 0.3) is 0 Å². The standard InChI is InChI=1S/C33H40N2O8S2.C31H38N2O8S2.2Na/c1-6-34-27-18-16-23(44-43-42-38)21-25(27)32(2,3)29(34)13-9-7-10-14-30-33(4,5)26-22-24(45(39,40)41)17-19-28(26)35(30)20-12-8-11-15-31(36)37;1-6-32-25-16-14-21(42-41-40-36)19-23(25)30(2,3)27(32)11-10-12-28-31(4,5)24-20-22(43(37,38)39)15-17-26(24)33(28)18-9-7-8-13-29(34)35;;/h7,9-10,13-14,16-19,21-22H,6,8,11-12,15,20H2,1-5H3,(H2-,36,37,38,39,40,41);10-12,14-17,19-20H,6-9,13,18H2,1-5H3,(H2-,34,35,36,37,38,39);;/q;;2*+1/p-2. The number of aliphatic carboxylic acids is 2. The number of nitrogens with zero attached hydrogens (tertiary/aromatic N) is 4. The van der Waals surface area contributed by atoms with Crippen LogP contribution in [0.1, 0.15) is 143 Å². The van der Waals surface area contributed by atoms with Gasteiger partial charge >= 0.3 is 71.1 Å². The van der Waals surface area contributed by atoms with Gasteiger partial charge in [0.15, 0.2) is 11.4 Å². The third kappa shape index (κ3) is 17.4. The number of carbonyl (C=O) groups is 2. The first-order chi connectivity index (χ1) is 41.5. The van der Waals surface area contributed by atoms with Crippen LogP contribution in [0, 0.1) is 0 Å². The molecule has 0 aromatic heterocycles. The molecule has 20 nitrogen and oxygen atoms in total. The number of likely N-dealkylation sites (N-methyl/N-ethyl adjacent to an activating group) is 2. The van der Waals surface area contributed by atoms with Crippen molar-refractivity contribution in [3.05, 3.63) is 155 Å². The number of hydrogen-bond donors (Lipinski definition) is 2. The SMILES string of the molecule is CCN1C(=CC=CC2=[N+](CCCCCC(=O)O)c3ccc(S(=O)(=O)[O-])cc3C2(C)C)C(C)(C)c2cc(SOO[O-])ccc21.CCN1C(=CC=CC=CC2=[N+](CCCCCC(=O)O)c3ccc(S(=O)(=O)[O-])cc3C2(C)C)C(C)(C)c2cc(SOO[O-])ccc21.[Na+].[Na+]. The molecule has 0 bridgehead atoms. The van der Waals surface area contributed by atoms with Crippen molar-refractivity contribution in [2.45, 2.75) is 162 Å². The summed E-state index contributed by atoms with van der Waals surface area (Å²) < 4.78 is 84.2. The summed E-state index contributed by atoms with van der Waals surface area (Å²) in [6, 6.07) is 20.8. The summed E-state index contributed by atoms with van der Waals surface area (Å²) in [6.45, 7) is 23.5. The zero-order valence-electron chi connectivity index (χ0n) is 53.1. The number of carboxylic acids is 2. The number of fused-ring (bicyclic) bond motifs is 4. The zero-order valence-corrected chi connectivity index (χ0v) is 60.3. The maximum absolute atomic E-state index is 11.8. The Balaban J connectivity index is 0.000000320. The van der Waals surface area contributed by atoms with E-state index in [-0.39, 0.29) is 92.6 Å². The Kier molecular flexibility index (Phi) is 27.4. The van der Waals surface area contributed by atoms with Gasteiger partial charge in [-0.1, -0.05) is 52.0 Å². The summed E-state index contributed by atoms with van der Waals surface area (Å²) >= 11 is 1.73. The number of unbranched alkanes of at least 4 members (excludes halogenated alkanes) is 4. The number of hydrogen-bond acceptors (Lipinski definition) is 18. The summed E-state index contributed by atoms with van der Waals surface area (Å²) in [5, 5.41) is 45.6. The van der Waals surface area contributed by atoms with Crippen molar-refractivity contribution < 1.29 is 143 Å². The Bertz CT molecular complexity index is 3760. The van der Waals surface area contributed by atoms with E-state index in [1.807, 2.05) is 101 Å². The maximum atomic E-state index is 11.8. The zero-order chi connectivity index (χ0) is 64.6. The Hall–Kier alpha value is -4.26. The number of anilines is 2. The van der Waals surface area contributed by atoms with Gasteiger partial charge in [-0.3, -0.25) is 19.7 Å². The van der Waals surface area contributed by atoms with Gasteiger partial charge < -0.3 is 39.6 Å². The van der Waals surface area contributed by atoms with Crippen molar-refractivity contribution in [2.75, 3.05) is 36.0 Å². The molecule has 474 valence electrons. The summed E-state index contributed by atoms with van der Waals surface area (Å²) in [6.07, 6.45) is 20.4. The first-order valence-corrected chi connectivity index (χ1v) is 33.3. The minimum Gasteiger partial charge on any atom is -0.744 e. The monoisotopic (exact) mass is 1330 g/mol. The van der Waals surface area contributed by atoms with Crippen molar-refractivity contribution in [3.63, 3.8) is 0 Å². The van der Waals surface area contributed by atoms with Crippen LogP contribution >= 0.6 is 24.1 Å². The topological polar surface area (TPSA) is 285 Å². The van der Waals surface area contributed by atoms with E-state index in [1.54, 1.807) is 12.1 Å². The third-order valence-corrected chi connectivity index (χ3v) is 19.6. The Labute approximate surface area is 581 Å². The molecule has 26 heteroatoms. The molecule has 0 radical (unpaired) electrons. The molecule has 4 aliphatic rings. The molecule has 0 unspecified atom stereocenters. The predicted octanol–water partition coefficient (Wildman–Crippen LogP) is 4.76. The van der Waals surface area contributed by atoms with Crippen LogP contribution in [-0.4, -0.2) is 94.8 Å². The fraction of sp³-hybridized carbons (Fsp3) is 0.406. The van der Waals surface area contributed by atoms with E-state index in [4.69, 9.17) is 10.2 Å². The van der Waals surface area contributed by atoms with E-state index in [1.165, 1.54) is 24.3 Å². The summed E-state index contributed by atoms with van der Waals surface area (Å²) in [5.74, 6) is -1.64. The van der Waals surface area contributed by atoms with Gasteiger partial charge in [-0.25, -0.2) is 16.8 Å². The summed E-state index contributed by atoms with van der Waals surface area (Å²) in [4.78, 5) is 27.4. The molecule has 0 saturated heterocycles. The second kappa shape index (κ2) is 32.3. The van der Waals surface area contributed by atoms with Gasteiger partial charge in [0.2, 0.25) is 11.4 Å². The van der Waals surface area contributed by atoms with Crippen molar-refractivity contribution >= 4 is 90.4 Å². The van der Waals surface area contributed by atoms with Gasteiger partial charge in [-0.2, -0.15) is 17.8 Å². The van der Waals surface area contributed by atoms with Crippen LogP contribution in [0.25, 0.3) is 0 Å². The molecule has 4 aliphatic heterocycles. The van der Waals surface area contributed by atoms with Gasteiger partial charge in [0, 0.05) is 118 Å². The average Bonchev–Trinajstić information content (AvgIpc) is 1.63. The summed E-state index contributed by atoms with van der Waals surface area (Å²) in [5.41, 5.74) is 9.78. The molecule has 0 saturated carbocycles. The molecule has 0 amide bonds. The van der Waals surface area contributed by atoms with Gasteiger partial charge in [0.1, 0.15) is 33.3 Å². The second-order valence-corrected chi connectivity index (χ2v) is 28.0. The van der Waals surface area contributed by atoms with Crippen molar-refractivity contribution in [3.8, 4) is 0 Å². The molecule has 0 atom stereocenters. The molecule has 0 spiro atoms. The van der Waals surface area contributed by atoms with Crippen LogP contribution in [-0.2, 0) is 70.2 Å². The first-order valence-electron chi connectivity index (χ1n) is 29.0. The first kappa shape index (κ1) is 76.5. The van der Waals surface area contributed by atoms with E-state index in [0.717, 1.165) is 140 Å². The molecule has 2 N–H and O–H groups in total. The van der Waals surface area contributed by atoms with Crippen LogP contribution in [0.15, 0.2) is 152 Å². The largest absolute Gasteiger partial charge is 1.00 e. The Morgan fingerprint density at radius 2 is 0.911 bits per heavy atom. The normalized spacial score (nSPS) is 17.7. The van der Waals surface area contributed by atoms with E-state index in [9.17, 15) is 46.0 Å². The van der Waals surface area contributed by atoms with Crippen molar-refractivity contribution in [2.24, 2.45) is 0 Å². The van der Waals surface area contributed by atoms with E-state index >= 15 is 0 Å². The molecule has 4 aromatic rings. The number of rotatable bonds is 27. The van der Waals surface area contributed by atoms with E-state index in [0.29, 0.717) is 25.9 Å². The fourth-order valence-corrected chi connectivity index (χ4v) is 14.1. The van der Waals surface area contributed by atoms with Gasteiger partial charge in [0.05, 0.1) is 44.7 Å². The predicted molar refractivity (Wildman–Crippen MR) is 331 cm³/mol. The van der Waals surface area contributed by atoms with Crippen molar-refractivity contribution in [1.82, 2.24) is 0 Å². The van der Waals surface area contributed by atoms with E-state index in [2.05, 4.69) is 91.4 Å². The smallest absolute Gasteiger partial charge is 0.744 e. The van der Waals surface area contributed by atoms with Crippen LogP contribution in [0.5, 0.6) is 0 Å². The van der Waals surface area contributed by atoms with Crippen LogP contribution in [0.2, 0.25) is 0 Å². The minimum atomic E-state index is -4.62. The van der Waals surface area contributed by atoms with Crippen LogP contribution in [0.3, 0.4) is 0 Å². The third-order valence-electron chi connectivity index (χ3n) is 16.8. The van der Waals surface area contributed by atoms with E-state index < -0.39 is 43.0 Å². The number of carboxylic acid groups (broad SMARTS) is 2. The maximum Gasteiger partial charge on any atom is 1.00 e. The molecule has 4 aromatic carbocycles. The Morgan fingerprint density at radius 3 is 1.28 bits per heavy atom. The minimum absolute atomic E-state index is 0. The summed E-state index contributed by atoms with van der Waals surface area (Å²) in [7, 11) is -9.24.